The van der Waals surface area contributed by atoms with Gasteiger partial charge in [-0.3, -0.25) is 0 Å². The molecule has 1 aromatic rings. The van der Waals surface area contributed by atoms with Crippen LogP contribution in [0.4, 0.5) is 0 Å². The fourth-order valence-electron chi connectivity index (χ4n) is 6.61. The zero-order chi connectivity index (χ0) is 24.7. The standard InChI is InChI=1S/C28H36O6/c1-17-5-8-19(9-6-17)25(31)34-22(20-12-14-33-26(20)32)15-21-18(2)7-10-23-27(21,3)13-11-24(30)28(23,4)16-29/h5-6,8-9,12,21-24,29-30H,2,7,10-11,13-16H2,1,3-4H3/t21-,22?,23+,24-,27+,28+/m1/s1. The summed E-state index contributed by atoms with van der Waals surface area (Å²) in [4.78, 5) is 25.5. The number of aliphatic hydroxyl groups is 2. The summed E-state index contributed by atoms with van der Waals surface area (Å²) >= 11 is 0. The van der Waals surface area contributed by atoms with Gasteiger partial charge >= 0.3 is 11.9 Å². The lowest BCUT2D eigenvalue weighted by Crippen LogP contribution is -2.57. The third-order valence-corrected chi connectivity index (χ3v) is 8.78. The zero-order valence-corrected chi connectivity index (χ0v) is 20.4. The molecule has 0 amide bonds. The fourth-order valence-corrected chi connectivity index (χ4v) is 6.61. The molecule has 2 N–H and O–H groups in total. The molecule has 1 unspecified atom stereocenters. The first-order valence-electron chi connectivity index (χ1n) is 12.2. The fraction of sp³-hybridized carbons (Fsp3) is 0.571. The maximum atomic E-state index is 13.0. The zero-order valence-electron chi connectivity index (χ0n) is 20.4. The highest BCUT2D eigenvalue weighted by molar-refractivity contribution is 5.94. The van der Waals surface area contributed by atoms with E-state index >= 15 is 0 Å². The first-order chi connectivity index (χ1) is 16.1. The van der Waals surface area contributed by atoms with Gasteiger partial charge in [-0.25, -0.2) is 9.59 Å². The molecule has 0 spiro atoms. The lowest BCUT2D eigenvalue weighted by Gasteiger charge is -2.60. The molecule has 0 radical (unpaired) electrons. The predicted octanol–water partition coefficient (Wildman–Crippen LogP) is 4.14. The summed E-state index contributed by atoms with van der Waals surface area (Å²) in [5.41, 5.74) is 2.07. The third-order valence-electron chi connectivity index (χ3n) is 8.78. The molecule has 2 aliphatic carbocycles. The van der Waals surface area contributed by atoms with E-state index in [-0.39, 0.29) is 30.5 Å². The van der Waals surface area contributed by atoms with Crippen LogP contribution in [0.25, 0.3) is 0 Å². The molecule has 1 heterocycles. The van der Waals surface area contributed by atoms with Crippen molar-refractivity contribution < 1.29 is 29.3 Å². The Morgan fingerprint density at radius 2 is 1.97 bits per heavy atom. The monoisotopic (exact) mass is 468 g/mol. The van der Waals surface area contributed by atoms with Crippen molar-refractivity contribution >= 4 is 11.9 Å². The second kappa shape index (κ2) is 9.31. The van der Waals surface area contributed by atoms with Gasteiger partial charge in [0.25, 0.3) is 0 Å². The van der Waals surface area contributed by atoms with E-state index < -0.39 is 29.6 Å². The number of hydrogen-bond acceptors (Lipinski definition) is 6. The second-order valence-corrected chi connectivity index (χ2v) is 10.8. The summed E-state index contributed by atoms with van der Waals surface area (Å²) in [6, 6.07) is 7.16. The topological polar surface area (TPSA) is 93.1 Å². The molecule has 6 heteroatoms. The maximum absolute atomic E-state index is 13.0. The van der Waals surface area contributed by atoms with Crippen molar-refractivity contribution in [2.45, 2.75) is 65.1 Å². The molecule has 0 saturated heterocycles. The Balaban J connectivity index is 1.64. The number of fused-ring (bicyclic) bond motifs is 1. The number of cyclic esters (lactones) is 1. The number of aryl methyl sites for hydroxylation is 1. The van der Waals surface area contributed by atoms with Gasteiger partial charge in [0.15, 0.2) is 0 Å². The Morgan fingerprint density at radius 1 is 1.26 bits per heavy atom. The quantitative estimate of drug-likeness (QED) is 0.482. The largest absolute Gasteiger partial charge is 0.458 e. The Morgan fingerprint density at radius 3 is 2.59 bits per heavy atom. The number of ether oxygens (including phenoxy) is 2. The Hall–Kier alpha value is -2.44. The van der Waals surface area contributed by atoms with Crippen molar-refractivity contribution in [1.29, 1.82) is 0 Å². The maximum Gasteiger partial charge on any atom is 0.338 e. The van der Waals surface area contributed by atoms with Crippen molar-refractivity contribution in [3.8, 4) is 0 Å². The number of benzene rings is 1. The van der Waals surface area contributed by atoms with Gasteiger partial charge in [-0.05, 0) is 74.5 Å². The van der Waals surface area contributed by atoms with Gasteiger partial charge in [0.05, 0.1) is 23.8 Å². The van der Waals surface area contributed by atoms with Crippen molar-refractivity contribution in [3.05, 3.63) is 59.2 Å². The molecule has 4 rings (SSSR count). The van der Waals surface area contributed by atoms with Crippen molar-refractivity contribution in [1.82, 2.24) is 0 Å². The third kappa shape index (κ3) is 4.22. The lowest BCUT2D eigenvalue weighted by atomic mass is 9.46. The second-order valence-electron chi connectivity index (χ2n) is 10.8. The highest BCUT2D eigenvalue weighted by Crippen LogP contribution is 2.62. The van der Waals surface area contributed by atoms with E-state index in [9.17, 15) is 19.8 Å². The number of allylic oxidation sites excluding steroid dienone is 1. The molecule has 6 atom stereocenters. The number of aliphatic hydroxyl groups excluding tert-OH is 2. The van der Waals surface area contributed by atoms with Crippen LogP contribution < -0.4 is 0 Å². The van der Waals surface area contributed by atoms with Crippen LogP contribution in [0.3, 0.4) is 0 Å². The van der Waals surface area contributed by atoms with Crippen LogP contribution in [0.2, 0.25) is 0 Å². The highest BCUT2D eigenvalue weighted by atomic mass is 16.6. The van der Waals surface area contributed by atoms with Crippen molar-refractivity contribution in [2.75, 3.05) is 13.2 Å². The van der Waals surface area contributed by atoms with Crippen LogP contribution in [0.5, 0.6) is 0 Å². The van der Waals surface area contributed by atoms with E-state index in [1.165, 1.54) is 0 Å². The van der Waals surface area contributed by atoms with Gasteiger partial charge in [-0.1, -0.05) is 43.7 Å². The summed E-state index contributed by atoms with van der Waals surface area (Å²) in [6.45, 7) is 10.6. The average Bonchev–Trinajstić information content (AvgIpc) is 3.24. The number of esters is 2. The molecule has 1 aliphatic heterocycles. The molecule has 184 valence electrons. The van der Waals surface area contributed by atoms with E-state index in [0.29, 0.717) is 24.0 Å². The van der Waals surface area contributed by atoms with Crippen molar-refractivity contribution in [2.24, 2.45) is 22.7 Å². The van der Waals surface area contributed by atoms with Crippen LogP contribution in [-0.4, -0.2) is 47.6 Å². The predicted molar refractivity (Wildman–Crippen MR) is 128 cm³/mol. The Kier molecular flexibility index (Phi) is 6.76. The van der Waals surface area contributed by atoms with Crippen LogP contribution in [0, 0.1) is 29.6 Å². The van der Waals surface area contributed by atoms with Gasteiger partial charge in [0.1, 0.15) is 12.7 Å². The molecular formula is C28H36O6. The Labute approximate surface area is 201 Å². The van der Waals surface area contributed by atoms with Gasteiger partial charge in [0.2, 0.25) is 0 Å². The van der Waals surface area contributed by atoms with Crippen LogP contribution >= 0.6 is 0 Å². The first-order valence-corrected chi connectivity index (χ1v) is 12.2. The minimum absolute atomic E-state index is 0.0326. The molecule has 0 aromatic heterocycles. The van der Waals surface area contributed by atoms with E-state index in [1.54, 1.807) is 18.2 Å². The SMILES string of the molecule is C=C1CC[C@@H]2[C@](C)(CO)[C@H](O)CC[C@@]2(C)[C@@H]1CC(OC(=O)c1ccc(C)cc1)C1=CCOC1=O. The molecule has 0 bridgehead atoms. The van der Waals surface area contributed by atoms with Gasteiger partial charge in [-0.2, -0.15) is 0 Å². The van der Waals surface area contributed by atoms with Gasteiger partial charge in [-0.15, -0.1) is 0 Å². The minimum Gasteiger partial charge on any atom is -0.458 e. The van der Waals surface area contributed by atoms with E-state index in [2.05, 4.69) is 13.5 Å². The molecule has 2 fully saturated rings. The van der Waals surface area contributed by atoms with Gasteiger partial charge < -0.3 is 19.7 Å². The molecule has 34 heavy (non-hydrogen) atoms. The van der Waals surface area contributed by atoms with Crippen molar-refractivity contribution in [3.63, 3.8) is 0 Å². The summed E-state index contributed by atoms with van der Waals surface area (Å²) in [7, 11) is 0. The van der Waals surface area contributed by atoms with E-state index in [4.69, 9.17) is 9.47 Å². The summed E-state index contributed by atoms with van der Waals surface area (Å²) < 4.78 is 11.1. The molecular weight excluding hydrogens is 432 g/mol. The van der Waals surface area contributed by atoms with E-state index in [0.717, 1.165) is 30.4 Å². The first kappa shape index (κ1) is 24.7. The molecule has 1 aromatic carbocycles. The summed E-state index contributed by atoms with van der Waals surface area (Å²) in [6.07, 6.45) is 3.78. The normalized spacial score (nSPS) is 34.1. The van der Waals surface area contributed by atoms with Crippen LogP contribution in [-0.2, 0) is 14.3 Å². The molecule has 6 nitrogen and oxygen atoms in total. The highest BCUT2D eigenvalue weighted by Gasteiger charge is 2.58. The van der Waals surface area contributed by atoms with Crippen LogP contribution in [0.15, 0.2) is 48.1 Å². The number of carbonyl (C=O) groups excluding carboxylic acids is 2. The molecule has 3 aliphatic rings. The number of hydrogen-bond donors (Lipinski definition) is 2. The minimum atomic E-state index is -0.756. The number of carbonyl (C=O) groups is 2. The average molecular weight is 469 g/mol. The Bertz CT molecular complexity index is 995. The van der Waals surface area contributed by atoms with Crippen LogP contribution in [0.1, 0.15) is 61.9 Å². The lowest BCUT2D eigenvalue weighted by molar-refractivity contribution is -0.154. The van der Waals surface area contributed by atoms with E-state index in [1.807, 2.05) is 26.0 Å². The summed E-state index contributed by atoms with van der Waals surface area (Å²) in [5, 5.41) is 21.0. The number of rotatable bonds is 6. The van der Waals surface area contributed by atoms with Gasteiger partial charge in [0, 0.05) is 5.41 Å². The smallest absolute Gasteiger partial charge is 0.338 e. The molecule has 2 saturated carbocycles. The summed E-state index contributed by atoms with van der Waals surface area (Å²) in [5.74, 6) is -0.881.